The van der Waals surface area contributed by atoms with Gasteiger partial charge in [-0.2, -0.15) is 4.98 Å². The fourth-order valence-electron chi connectivity index (χ4n) is 3.01. The Morgan fingerprint density at radius 1 is 0.750 bits per heavy atom. The summed E-state index contributed by atoms with van der Waals surface area (Å²) < 4.78 is 0. The first-order valence-corrected chi connectivity index (χ1v) is 8.62. The van der Waals surface area contributed by atoms with E-state index in [2.05, 4.69) is 9.97 Å². The average molecular weight is 369 g/mol. The van der Waals surface area contributed by atoms with Crippen molar-refractivity contribution in [2.75, 3.05) is 0 Å². The van der Waals surface area contributed by atoms with Gasteiger partial charge in [0.1, 0.15) is 0 Å². The van der Waals surface area contributed by atoms with Crippen molar-refractivity contribution in [1.29, 1.82) is 0 Å². The molecular weight excluding hydrogens is 354 g/mol. The van der Waals surface area contributed by atoms with Crippen LogP contribution in [0.15, 0.2) is 89.7 Å². The number of H-pyrrole nitrogens is 1. The van der Waals surface area contributed by atoms with Crippen molar-refractivity contribution in [3.63, 3.8) is 0 Å². The van der Waals surface area contributed by atoms with Gasteiger partial charge < -0.3 is 4.98 Å². The highest BCUT2D eigenvalue weighted by atomic mass is 16.6. The molecule has 3 aromatic carbocycles. The molecule has 0 unspecified atom stereocenters. The number of benzene rings is 3. The number of aromatic nitrogens is 2. The van der Waals surface area contributed by atoms with E-state index in [1.54, 1.807) is 18.2 Å². The molecule has 1 heterocycles. The Hall–Kier alpha value is -4.06. The lowest BCUT2D eigenvalue weighted by molar-refractivity contribution is -0.384. The quantitative estimate of drug-likeness (QED) is 0.418. The number of nitrogens with one attached hydrogen (secondary N) is 1. The predicted molar refractivity (Wildman–Crippen MR) is 108 cm³/mol. The normalized spacial score (nSPS) is 10.6. The summed E-state index contributed by atoms with van der Waals surface area (Å²) >= 11 is 0. The number of aromatic amines is 1. The molecule has 0 aliphatic heterocycles. The summed E-state index contributed by atoms with van der Waals surface area (Å²) in [7, 11) is 0. The van der Waals surface area contributed by atoms with Gasteiger partial charge in [-0.15, -0.1) is 0 Å². The third-order valence-corrected chi connectivity index (χ3v) is 4.40. The zero-order chi connectivity index (χ0) is 19.5. The predicted octanol–water partition coefficient (Wildman–Crippen LogP) is 4.68. The lowest BCUT2D eigenvalue weighted by atomic mass is 10.0. The van der Waals surface area contributed by atoms with E-state index >= 15 is 0 Å². The van der Waals surface area contributed by atoms with Crippen molar-refractivity contribution >= 4 is 5.69 Å². The van der Waals surface area contributed by atoms with Crippen molar-refractivity contribution in [2.24, 2.45) is 0 Å². The van der Waals surface area contributed by atoms with Crippen LogP contribution in [0.1, 0.15) is 0 Å². The molecule has 0 saturated heterocycles. The molecule has 6 heteroatoms. The molecule has 0 amide bonds. The van der Waals surface area contributed by atoms with E-state index < -0.39 is 10.6 Å². The lowest BCUT2D eigenvalue weighted by Crippen LogP contribution is -2.12. The molecule has 136 valence electrons. The number of hydrogen-bond donors (Lipinski definition) is 1. The van der Waals surface area contributed by atoms with E-state index in [1.165, 1.54) is 12.1 Å². The number of nitro groups is 1. The van der Waals surface area contributed by atoms with E-state index in [1.807, 2.05) is 54.6 Å². The first-order valence-electron chi connectivity index (χ1n) is 8.62. The molecule has 1 aromatic heterocycles. The molecule has 0 aliphatic carbocycles. The van der Waals surface area contributed by atoms with Crippen LogP contribution in [0.25, 0.3) is 33.6 Å². The largest absolute Gasteiger partial charge is 0.345 e. The van der Waals surface area contributed by atoms with Crippen LogP contribution in [-0.4, -0.2) is 14.9 Å². The minimum Gasteiger partial charge on any atom is -0.305 e. The second-order valence-electron chi connectivity index (χ2n) is 6.24. The maximum atomic E-state index is 12.1. The van der Waals surface area contributed by atoms with Crippen LogP contribution in [0.3, 0.4) is 0 Å². The summed E-state index contributed by atoms with van der Waals surface area (Å²) in [5.74, 6) is 0. The second kappa shape index (κ2) is 7.28. The van der Waals surface area contributed by atoms with Gasteiger partial charge in [0.05, 0.1) is 16.3 Å². The molecule has 1 N–H and O–H groups in total. The fraction of sp³-hybridized carbons (Fsp3) is 0. The smallest absolute Gasteiger partial charge is 0.305 e. The third-order valence-electron chi connectivity index (χ3n) is 4.40. The van der Waals surface area contributed by atoms with Crippen LogP contribution < -0.4 is 5.69 Å². The molecule has 0 bridgehead atoms. The maximum Gasteiger partial charge on any atom is 0.345 e. The van der Waals surface area contributed by atoms with Crippen LogP contribution in [0.2, 0.25) is 0 Å². The van der Waals surface area contributed by atoms with E-state index in [4.69, 9.17) is 0 Å². The molecule has 0 saturated carbocycles. The lowest BCUT2D eigenvalue weighted by Gasteiger charge is -2.07. The molecule has 28 heavy (non-hydrogen) atoms. The Morgan fingerprint density at radius 3 is 2.11 bits per heavy atom. The topological polar surface area (TPSA) is 88.9 Å². The zero-order valence-electron chi connectivity index (χ0n) is 14.7. The van der Waals surface area contributed by atoms with E-state index in [9.17, 15) is 14.9 Å². The summed E-state index contributed by atoms with van der Waals surface area (Å²) in [6, 6.07) is 25.6. The summed E-state index contributed by atoms with van der Waals surface area (Å²) in [4.78, 5) is 29.3. The van der Waals surface area contributed by atoms with Crippen molar-refractivity contribution in [3.8, 4) is 33.6 Å². The van der Waals surface area contributed by atoms with Gasteiger partial charge in [-0.1, -0.05) is 66.7 Å². The Bertz CT molecular complexity index is 1200. The van der Waals surface area contributed by atoms with Gasteiger partial charge in [0.2, 0.25) is 0 Å². The molecule has 6 nitrogen and oxygen atoms in total. The summed E-state index contributed by atoms with van der Waals surface area (Å²) in [5.41, 5.74) is 3.94. The van der Waals surface area contributed by atoms with E-state index in [0.717, 1.165) is 16.7 Å². The Morgan fingerprint density at radius 2 is 1.39 bits per heavy atom. The maximum absolute atomic E-state index is 12.1. The van der Waals surface area contributed by atoms with Gasteiger partial charge in [0.15, 0.2) is 0 Å². The number of non-ortho nitro benzene ring substituents is 1. The Kier molecular flexibility index (Phi) is 4.51. The highest BCUT2D eigenvalue weighted by Gasteiger charge is 2.10. The summed E-state index contributed by atoms with van der Waals surface area (Å²) in [6.07, 6.45) is 0. The standard InChI is InChI=1S/C22H15N3O3/c26-22-23-20(14-21(24-22)18-7-4-8-19(13-18)25(27)28)17-11-9-16(10-12-17)15-5-2-1-3-6-15/h1-14H,(H,23,24,26). The van der Waals surface area contributed by atoms with E-state index in [0.29, 0.717) is 17.0 Å². The zero-order valence-corrected chi connectivity index (χ0v) is 14.7. The highest BCUT2D eigenvalue weighted by molar-refractivity contribution is 5.72. The Balaban J connectivity index is 1.72. The van der Waals surface area contributed by atoms with Crippen LogP contribution >= 0.6 is 0 Å². The molecule has 0 fully saturated rings. The van der Waals surface area contributed by atoms with Gasteiger partial charge >= 0.3 is 5.69 Å². The molecule has 0 aliphatic rings. The van der Waals surface area contributed by atoms with Crippen molar-refractivity contribution in [1.82, 2.24) is 9.97 Å². The molecular formula is C22H15N3O3. The van der Waals surface area contributed by atoms with Crippen molar-refractivity contribution in [3.05, 3.63) is 106 Å². The van der Waals surface area contributed by atoms with Crippen LogP contribution in [0.4, 0.5) is 5.69 Å². The van der Waals surface area contributed by atoms with E-state index in [-0.39, 0.29) is 5.69 Å². The van der Waals surface area contributed by atoms with Crippen molar-refractivity contribution in [2.45, 2.75) is 0 Å². The monoisotopic (exact) mass is 369 g/mol. The van der Waals surface area contributed by atoms with Crippen LogP contribution in [-0.2, 0) is 0 Å². The number of nitro benzene ring substituents is 1. The minimum atomic E-state index is -0.508. The first-order chi connectivity index (χ1) is 13.6. The van der Waals surface area contributed by atoms with Gasteiger partial charge in [0.25, 0.3) is 5.69 Å². The first kappa shape index (κ1) is 17.4. The minimum absolute atomic E-state index is 0.0478. The molecule has 4 aromatic rings. The third kappa shape index (κ3) is 3.57. The summed E-state index contributed by atoms with van der Waals surface area (Å²) in [5, 5.41) is 11.0. The SMILES string of the molecule is O=c1nc(-c2cccc([N+](=O)[O-])c2)cc(-c2ccc(-c3ccccc3)cc2)[nH]1. The second-order valence-corrected chi connectivity index (χ2v) is 6.24. The van der Waals surface area contributed by atoms with Gasteiger partial charge in [-0.05, 0) is 22.8 Å². The number of rotatable bonds is 4. The summed E-state index contributed by atoms with van der Waals surface area (Å²) in [6.45, 7) is 0. The number of nitrogens with zero attached hydrogens (tertiary/aromatic N) is 2. The van der Waals surface area contributed by atoms with Gasteiger partial charge in [0, 0.05) is 17.7 Å². The molecule has 0 radical (unpaired) electrons. The van der Waals surface area contributed by atoms with Crippen LogP contribution in [0, 0.1) is 10.1 Å². The van der Waals surface area contributed by atoms with Crippen molar-refractivity contribution < 1.29 is 4.92 Å². The van der Waals surface area contributed by atoms with Gasteiger partial charge in [-0.3, -0.25) is 10.1 Å². The highest BCUT2D eigenvalue weighted by Crippen LogP contribution is 2.26. The average Bonchev–Trinajstić information content (AvgIpc) is 2.74. The Labute approximate surface area is 160 Å². The molecule has 0 atom stereocenters. The fourth-order valence-corrected chi connectivity index (χ4v) is 3.01. The van der Waals surface area contributed by atoms with Crippen LogP contribution in [0.5, 0.6) is 0 Å². The molecule has 4 rings (SSSR count). The number of hydrogen-bond acceptors (Lipinski definition) is 4. The molecule has 0 spiro atoms. The van der Waals surface area contributed by atoms with Gasteiger partial charge in [-0.25, -0.2) is 4.79 Å².